The van der Waals surface area contributed by atoms with E-state index in [2.05, 4.69) is 28.8 Å². The number of hydrogen-bond donors (Lipinski definition) is 3. The Morgan fingerprint density at radius 1 is 1.48 bits per heavy atom. The van der Waals surface area contributed by atoms with Crippen molar-refractivity contribution in [3.05, 3.63) is 34.9 Å². The highest BCUT2D eigenvalue weighted by Crippen LogP contribution is 2.47. The predicted molar refractivity (Wildman–Crippen MR) is 82.3 cm³/mol. The Bertz CT molecular complexity index is 526. The number of aryl methyl sites for hydroxylation is 1. The minimum atomic E-state index is -0.169. The molecule has 2 aliphatic carbocycles. The molecule has 0 saturated carbocycles. The number of hydrogen-bond acceptors (Lipinski definition) is 2. The SMILES string of the molecule is CCC(CO)NC(=O)NC1CC2CCCc3cccc1c32. The fourth-order valence-electron chi connectivity index (χ4n) is 3.78. The molecule has 3 unspecified atom stereocenters. The molecule has 114 valence electrons. The summed E-state index contributed by atoms with van der Waals surface area (Å²) in [6.45, 7) is 1.94. The molecule has 0 spiro atoms. The van der Waals surface area contributed by atoms with E-state index in [-0.39, 0.29) is 24.7 Å². The van der Waals surface area contributed by atoms with Crippen molar-refractivity contribution in [2.24, 2.45) is 0 Å². The van der Waals surface area contributed by atoms with Crippen LogP contribution in [0.1, 0.15) is 61.3 Å². The number of aliphatic hydroxyl groups excluding tert-OH is 1. The number of carbonyl (C=O) groups is 1. The van der Waals surface area contributed by atoms with E-state index in [1.807, 2.05) is 6.92 Å². The Hall–Kier alpha value is -1.55. The number of aliphatic hydroxyl groups is 1. The number of amides is 2. The zero-order chi connectivity index (χ0) is 14.8. The van der Waals surface area contributed by atoms with E-state index < -0.39 is 0 Å². The first-order valence-corrected chi connectivity index (χ1v) is 8.02. The summed E-state index contributed by atoms with van der Waals surface area (Å²) in [4.78, 5) is 12.1. The third-order valence-corrected chi connectivity index (χ3v) is 4.89. The molecule has 0 aromatic heterocycles. The molecule has 2 amide bonds. The standard InChI is InChI=1S/C17H24N2O2/c1-2-13(10-20)18-17(21)19-15-9-12-7-3-5-11-6-4-8-14(15)16(11)12/h4,6,8,12-13,15,20H,2-3,5,7,9-10H2,1H3,(H2,18,19,21). The maximum Gasteiger partial charge on any atom is 0.315 e. The lowest BCUT2D eigenvalue weighted by Crippen LogP contribution is -2.44. The van der Waals surface area contributed by atoms with Gasteiger partial charge in [0.05, 0.1) is 18.7 Å². The van der Waals surface area contributed by atoms with Crippen LogP contribution in [0.25, 0.3) is 0 Å². The van der Waals surface area contributed by atoms with Gasteiger partial charge < -0.3 is 15.7 Å². The molecule has 0 saturated heterocycles. The molecule has 2 aliphatic rings. The molecule has 3 rings (SSSR count). The zero-order valence-corrected chi connectivity index (χ0v) is 12.6. The van der Waals surface area contributed by atoms with Crippen LogP contribution in [0.15, 0.2) is 18.2 Å². The normalized spacial score (nSPS) is 24.3. The lowest BCUT2D eigenvalue weighted by atomic mass is 9.84. The van der Waals surface area contributed by atoms with Gasteiger partial charge in [0.1, 0.15) is 0 Å². The molecule has 4 heteroatoms. The van der Waals surface area contributed by atoms with Gasteiger partial charge in [0, 0.05) is 0 Å². The van der Waals surface area contributed by atoms with Crippen LogP contribution in [0.2, 0.25) is 0 Å². The van der Waals surface area contributed by atoms with Crippen molar-refractivity contribution >= 4 is 6.03 Å². The summed E-state index contributed by atoms with van der Waals surface area (Å²) in [7, 11) is 0. The highest BCUT2D eigenvalue weighted by Gasteiger charge is 2.35. The van der Waals surface area contributed by atoms with Crippen LogP contribution in [0.3, 0.4) is 0 Å². The molecule has 0 heterocycles. The van der Waals surface area contributed by atoms with E-state index in [0.29, 0.717) is 5.92 Å². The van der Waals surface area contributed by atoms with E-state index in [9.17, 15) is 9.90 Å². The third kappa shape index (κ3) is 2.77. The quantitative estimate of drug-likeness (QED) is 0.797. The van der Waals surface area contributed by atoms with Crippen LogP contribution in [0.4, 0.5) is 4.79 Å². The summed E-state index contributed by atoms with van der Waals surface area (Å²) < 4.78 is 0. The Balaban J connectivity index is 1.72. The molecule has 4 nitrogen and oxygen atoms in total. The highest BCUT2D eigenvalue weighted by atomic mass is 16.3. The maximum atomic E-state index is 12.1. The van der Waals surface area contributed by atoms with Gasteiger partial charge in [-0.05, 0) is 54.7 Å². The second-order valence-corrected chi connectivity index (χ2v) is 6.20. The first-order chi connectivity index (χ1) is 10.2. The van der Waals surface area contributed by atoms with Gasteiger partial charge in [-0.15, -0.1) is 0 Å². The predicted octanol–water partition coefficient (Wildman–Crippen LogP) is 2.62. The summed E-state index contributed by atoms with van der Waals surface area (Å²) in [6.07, 6.45) is 5.40. The van der Waals surface area contributed by atoms with Crippen molar-refractivity contribution in [2.75, 3.05) is 6.61 Å². The second-order valence-electron chi connectivity index (χ2n) is 6.20. The summed E-state index contributed by atoms with van der Waals surface area (Å²) in [5, 5.41) is 15.1. The fourth-order valence-corrected chi connectivity index (χ4v) is 3.78. The minimum Gasteiger partial charge on any atom is -0.394 e. The first-order valence-electron chi connectivity index (χ1n) is 8.02. The van der Waals surface area contributed by atoms with E-state index in [1.54, 1.807) is 0 Å². The Kier molecular flexibility index (Phi) is 4.15. The molecule has 3 atom stereocenters. The van der Waals surface area contributed by atoms with Gasteiger partial charge in [-0.25, -0.2) is 4.79 Å². The largest absolute Gasteiger partial charge is 0.394 e. The number of urea groups is 1. The van der Waals surface area contributed by atoms with E-state index >= 15 is 0 Å². The first kappa shape index (κ1) is 14.4. The summed E-state index contributed by atoms with van der Waals surface area (Å²) >= 11 is 0. The molecular formula is C17H24N2O2. The summed E-state index contributed by atoms with van der Waals surface area (Å²) in [5.41, 5.74) is 4.25. The Morgan fingerprint density at radius 3 is 3.10 bits per heavy atom. The topological polar surface area (TPSA) is 61.4 Å². The van der Waals surface area contributed by atoms with Crippen molar-refractivity contribution in [2.45, 2.75) is 57.0 Å². The second kappa shape index (κ2) is 6.06. The van der Waals surface area contributed by atoms with Crippen LogP contribution >= 0.6 is 0 Å². The molecule has 21 heavy (non-hydrogen) atoms. The van der Waals surface area contributed by atoms with E-state index in [1.165, 1.54) is 36.0 Å². The van der Waals surface area contributed by atoms with Crippen LogP contribution in [-0.4, -0.2) is 23.8 Å². The van der Waals surface area contributed by atoms with E-state index in [4.69, 9.17) is 0 Å². The van der Waals surface area contributed by atoms with Gasteiger partial charge in [-0.1, -0.05) is 25.1 Å². The maximum absolute atomic E-state index is 12.1. The van der Waals surface area contributed by atoms with Gasteiger partial charge in [-0.3, -0.25) is 0 Å². The molecule has 1 aromatic carbocycles. The van der Waals surface area contributed by atoms with Crippen molar-refractivity contribution < 1.29 is 9.90 Å². The van der Waals surface area contributed by atoms with Crippen molar-refractivity contribution in [3.63, 3.8) is 0 Å². The van der Waals surface area contributed by atoms with Crippen molar-refractivity contribution in [3.8, 4) is 0 Å². The smallest absolute Gasteiger partial charge is 0.315 e. The molecule has 3 N–H and O–H groups in total. The van der Waals surface area contributed by atoms with E-state index in [0.717, 1.165) is 12.8 Å². The number of carbonyl (C=O) groups excluding carboxylic acids is 1. The Morgan fingerprint density at radius 2 is 2.33 bits per heavy atom. The lowest BCUT2D eigenvalue weighted by Gasteiger charge is -2.20. The summed E-state index contributed by atoms with van der Waals surface area (Å²) in [6, 6.07) is 6.27. The third-order valence-electron chi connectivity index (χ3n) is 4.89. The Labute approximate surface area is 125 Å². The number of nitrogens with one attached hydrogen (secondary N) is 2. The number of benzene rings is 1. The van der Waals surface area contributed by atoms with Gasteiger partial charge >= 0.3 is 6.03 Å². The van der Waals surface area contributed by atoms with Crippen LogP contribution in [0.5, 0.6) is 0 Å². The van der Waals surface area contributed by atoms with Gasteiger partial charge in [0.15, 0.2) is 0 Å². The van der Waals surface area contributed by atoms with Crippen LogP contribution in [0, 0.1) is 0 Å². The van der Waals surface area contributed by atoms with Gasteiger partial charge in [-0.2, -0.15) is 0 Å². The molecule has 0 fully saturated rings. The van der Waals surface area contributed by atoms with Crippen molar-refractivity contribution in [1.82, 2.24) is 10.6 Å². The van der Waals surface area contributed by atoms with Crippen molar-refractivity contribution in [1.29, 1.82) is 0 Å². The average Bonchev–Trinajstić information content (AvgIpc) is 2.85. The molecule has 0 bridgehead atoms. The lowest BCUT2D eigenvalue weighted by molar-refractivity contribution is 0.211. The van der Waals surface area contributed by atoms with Crippen LogP contribution < -0.4 is 10.6 Å². The number of rotatable bonds is 4. The molecule has 0 radical (unpaired) electrons. The van der Waals surface area contributed by atoms with Gasteiger partial charge in [0.25, 0.3) is 0 Å². The monoisotopic (exact) mass is 288 g/mol. The minimum absolute atomic E-state index is 0.0159. The molecular weight excluding hydrogens is 264 g/mol. The molecule has 0 aliphatic heterocycles. The zero-order valence-electron chi connectivity index (χ0n) is 12.6. The average molecular weight is 288 g/mol. The fraction of sp³-hybridized carbons (Fsp3) is 0.588. The molecule has 1 aromatic rings. The summed E-state index contributed by atoms with van der Waals surface area (Å²) in [5.74, 6) is 0.607. The van der Waals surface area contributed by atoms with Crippen LogP contribution in [-0.2, 0) is 6.42 Å². The highest BCUT2D eigenvalue weighted by molar-refractivity contribution is 5.75. The van der Waals surface area contributed by atoms with Gasteiger partial charge in [0.2, 0.25) is 0 Å².